The van der Waals surface area contributed by atoms with Crippen LogP contribution in [0.1, 0.15) is 27.2 Å². The number of nitrogens with zero attached hydrogens (tertiary/aromatic N) is 2. The van der Waals surface area contributed by atoms with E-state index in [1.54, 1.807) is 0 Å². The monoisotopic (exact) mass is 381 g/mol. The van der Waals surface area contributed by atoms with E-state index in [2.05, 4.69) is 5.32 Å². The second-order valence-corrected chi connectivity index (χ2v) is 7.47. The highest BCUT2D eigenvalue weighted by atomic mass is 32.1. The Labute approximate surface area is 155 Å². The first-order valence-electron chi connectivity index (χ1n) is 8.71. The fraction of sp³-hybridized carbons (Fsp3) is 0.588. The number of β-amino-alcohol motifs (C(OH)–C–C–N with tert-alkyl or cyclic N) is 1. The number of rotatable bonds is 4. The molecule has 3 rings (SSSR count). The van der Waals surface area contributed by atoms with E-state index in [0.717, 1.165) is 29.7 Å². The summed E-state index contributed by atoms with van der Waals surface area (Å²) < 4.78 is 4.85. The van der Waals surface area contributed by atoms with E-state index in [0.29, 0.717) is 43.3 Å². The molecule has 1 fully saturated rings. The number of hydrogen-bond acceptors (Lipinski definition) is 7. The summed E-state index contributed by atoms with van der Waals surface area (Å²) in [5, 5.41) is 12.0. The third-order valence-corrected chi connectivity index (χ3v) is 6.02. The Balaban J connectivity index is 1.67. The summed E-state index contributed by atoms with van der Waals surface area (Å²) in [6.45, 7) is 2.78. The highest BCUT2D eigenvalue weighted by Gasteiger charge is 2.31. The van der Waals surface area contributed by atoms with Crippen LogP contribution in [0.2, 0.25) is 0 Å². The van der Waals surface area contributed by atoms with Gasteiger partial charge in [-0.15, -0.1) is 11.3 Å². The van der Waals surface area contributed by atoms with Crippen LogP contribution in [0.4, 0.5) is 5.00 Å². The van der Waals surface area contributed by atoms with Crippen LogP contribution in [0.3, 0.4) is 0 Å². The van der Waals surface area contributed by atoms with Crippen LogP contribution in [-0.4, -0.2) is 79.1 Å². The summed E-state index contributed by atoms with van der Waals surface area (Å²) in [5.74, 6) is -1.81. The van der Waals surface area contributed by atoms with Gasteiger partial charge < -0.3 is 20.1 Å². The van der Waals surface area contributed by atoms with Crippen LogP contribution >= 0.6 is 11.3 Å². The lowest BCUT2D eigenvalue weighted by atomic mass is 10.1. The normalized spacial score (nSPS) is 17.1. The molecule has 0 aromatic carbocycles. The number of fused-ring (bicyclic) bond motifs is 1. The number of thiophene rings is 1. The molecule has 2 amide bonds. The number of piperazine rings is 1. The number of aliphatic hydroxyl groups excluding tert-OH is 1. The van der Waals surface area contributed by atoms with Gasteiger partial charge in [0.15, 0.2) is 0 Å². The zero-order chi connectivity index (χ0) is 18.7. The van der Waals surface area contributed by atoms with E-state index in [9.17, 15) is 14.4 Å². The summed E-state index contributed by atoms with van der Waals surface area (Å²) in [5.41, 5.74) is 1.32. The predicted octanol–water partition coefficient (Wildman–Crippen LogP) is 0.0984. The quantitative estimate of drug-likeness (QED) is 0.567. The fourth-order valence-corrected chi connectivity index (χ4v) is 4.70. The van der Waals surface area contributed by atoms with Gasteiger partial charge in [-0.2, -0.15) is 0 Å². The van der Waals surface area contributed by atoms with E-state index >= 15 is 0 Å². The smallest absolute Gasteiger partial charge is 0.341 e. The molecule has 0 saturated carbocycles. The van der Waals surface area contributed by atoms with E-state index in [-0.39, 0.29) is 6.61 Å². The Morgan fingerprint density at radius 1 is 1.19 bits per heavy atom. The Morgan fingerprint density at radius 3 is 2.58 bits per heavy atom. The maximum atomic E-state index is 12.4. The molecule has 1 aromatic heterocycles. The molecule has 8 nitrogen and oxygen atoms in total. The topological polar surface area (TPSA) is 99.2 Å². The van der Waals surface area contributed by atoms with Crippen molar-refractivity contribution in [1.82, 2.24) is 9.80 Å². The van der Waals surface area contributed by atoms with Gasteiger partial charge in [0.05, 0.1) is 19.3 Å². The molecule has 2 N–H and O–H groups in total. The molecule has 1 aliphatic carbocycles. The highest BCUT2D eigenvalue weighted by molar-refractivity contribution is 7.17. The summed E-state index contributed by atoms with van der Waals surface area (Å²) in [6, 6.07) is 0. The zero-order valence-corrected chi connectivity index (χ0v) is 15.6. The largest absolute Gasteiger partial charge is 0.465 e. The summed E-state index contributed by atoms with van der Waals surface area (Å²) in [4.78, 5) is 41.6. The molecular weight excluding hydrogens is 358 g/mol. The van der Waals surface area contributed by atoms with E-state index in [1.165, 1.54) is 23.3 Å². The minimum absolute atomic E-state index is 0.0772. The average molecular weight is 381 g/mol. The Hall–Kier alpha value is -1.97. The molecule has 142 valence electrons. The number of aryl methyl sites for hydroxylation is 1. The molecule has 1 saturated heterocycles. The van der Waals surface area contributed by atoms with Gasteiger partial charge in [0, 0.05) is 37.6 Å². The molecule has 0 radical (unpaired) electrons. The fourth-order valence-electron chi connectivity index (χ4n) is 3.43. The Kier molecular flexibility index (Phi) is 5.90. The minimum atomic E-state index is -0.731. The first-order chi connectivity index (χ1) is 12.5. The van der Waals surface area contributed by atoms with Crippen molar-refractivity contribution in [3.05, 3.63) is 16.0 Å². The third kappa shape index (κ3) is 3.74. The zero-order valence-electron chi connectivity index (χ0n) is 14.7. The first kappa shape index (κ1) is 18.8. The number of carbonyl (C=O) groups is 3. The number of aliphatic hydroxyl groups is 1. The van der Waals surface area contributed by atoms with Gasteiger partial charge >= 0.3 is 17.8 Å². The molecule has 2 aliphatic rings. The third-order valence-electron chi connectivity index (χ3n) is 4.81. The van der Waals surface area contributed by atoms with Gasteiger partial charge in [-0.1, -0.05) is 0 Å². The Morgan fingerprint density at radius 2 is 1.92 bits per heavy atom. The van der Waals surface area contributed by atoms with Gasteiger partial charge in [0.25, 0.3) is 0 Å². The molecule has 0 atom stereocenters. The molecule has 1 aliphatic heterocycles. The van der Waals surface area contributed by atoms with Crippen LogP contribution in [0, 0.1) is 0 Å². The molecule has 0 spiro atoms. The first-order valence-corrected chi connectivity index (χ1v) is 9.53. The number of anilines is 1. The van der Waals surface area contributed by atoms with Crippen molar-refractivity contribution in [3.8, 4) is 0 Å². The van der Waals surface area contributed by atoms with Crippen molar-refractivity contribution >= 4 is 34.1 Å². The molecular formula is C17H23N3O5S. The van der Waals surface area contributed by atoms with Crippen LogP contribution in [-0.2, 0) is 27.2 Å². The van der Waals surface area contributed by atoms with Crippen molar-refractivity contribution in [2.24, 2.45) is 0 Å². The van der Waals surface area contributed by atoms with Crippen molar-refractivity contribution in [3.63, 3.8) is 0 Å². The van der Waals surface area contributed by atoms with Gasteiger partial charge in [0.2, 0.25) is 0 Å². The molecule has 0 unspecified atom stereocenters. The van der Waals surface area contributed by atoms with Crippen LogP contribution < -0.4 is 5.32 Å². The van der Waals surface area contributed by atoms with Crippen molar-refractivity contribution in [2.75, 3.05) is 51.8 Å². The number of hydrogen-bond donors (Lipinski definition) is 2. The van der Waals surface area contributed by atoms with Gasteiger partial charge in [-0.05, 0) is 24.8 Å². The summed E-state index contributed by atoms with van der Waals surface area (Å²) in [6.07, 6.45) is 2.64. The average Bonchev–Trinajstić information content (AvgIpc) is 3.22. The number of amides is 2. The van der Waals surface area contributed by atoms with Crippen molar-refractivity contribution in [2.45, 2.75) is 19.3 Å². The number of methoxy groups -OCH3 is 1. The highest BCUT2D eigenvalue weighted by Crippen LogP contribution is 2.39. The molecule has 0 bridgehead atoms. The Bertz CT molecular complexity index is 709. The van der Waals surface area contributed by atoms with Gasteiger partial charge in [0.1, 0.15) is 5.00 Å². The van der Waals surface area contributed by atoms with Gasteiger partial charge in [-0.25, -0.2) is 4.79 Å². The maximum absolute atomic E-state index is 12.4. The van der Waals surface area contributed by atoms with Crippen LogP contribution in [0.5, 0.6) is 0 Å². The lowest BCUT2D eigenvalue weighted by Gasteiger charge is -2.33. The van der Waals surface area contributed by atoms with E-state index in [1.807, 2.05) is 4.90 Å². The van der Waals surface area contributed by atoms with Gasteiger partial charge in [-0.3, -0.25) is 14.5 Å². The SMILES string of the molecule is COC(=O)c1c(NC(=O)C(=O)N2CCN(CCO)CC2)sc2c1CCC2. The molecule has 2 heterocycles. The predicted molar refractivity (Wildman–Crippen MR) is 96.4 cm³/mol. The minimum Gasteiger partial charge on any atom is -0.465 e. The lowest BCUT2D eigenvalue weighted by molar-refractivity contribution is -0.144. The lowest BCUT2D eigenvalue weighted by Crippen LogP contribution is -2.52. The van der Waals surface area contributed by atoms with Crippen molar-refractivity contribution < 1.29 is 24.2 Å². The second kappa shape index (κ2) is 8.15. The van der Waals surface area contributed by atoms with E-state index in [4.69, 9.17) is 9.84 Å². The number of nitrogens with one attached hydrogen (secondary N) is 1. The molecule has 1 aromatic rings. The molecule has 26 heavy (non-hydrogen) atoms. The second-order valence-electron chi connectivity index (χ2n) is 6.36. The molecule has 9 heteroatoms. The number of esters is 1. The van der Waals surface area contributed by atoms with Crippen LogP contribution in [0.25, 0.3) is 0 Å². The summed E-state index contributed by atoms with van der Waals surface area (Å²) in [7, 11) is 1.31. The standard InChI is InChI=1S/C17H23N3O5S/c1-25-17(24)13-11-3-2-4-12(11)26-15(13)18-14(22)16(23)20-7-5-19(6-8-20)9-10-21/h21H,2-10H2,1H3,(H,18,22). The van der Waals surface area contributed by atoms with E-state index < -0.39 is 17.8 Å². The maximum Gasteiger partial charge on any atom is 0.341 e. The summed E-state index contributed by atoms with van der Waals surface area (Å²) >= 11 is 1.35. The number of carbonyl (C=O) groups excluding carboxylic acids is 3. The number of ether oxygens (including phenoxy) is 1. The van der Waals surface area contributed by atoms with Crippen molar-refractivity contribution in [1.29, 1.82) is 0 Å². The van der Waals surface area contributed by atoms with Crippen LogP contribution in [0.15, 0.2) is 0 Å².